The molecule has 6 nitrogen and oxygen atoms in total. The molecule has 8 heteroatoms. The minimum atomic E-state index is -2.80. The number of halogens is 2. The largest absolute Gasteiger partial charge is 0.435 e. The first-order valence-corrected chi connectivity index (χ1v) is 9.33. The van der Waals surface area contributed by atoms with Gasteiger partial charge in [-0.25, -0.2) is 0 Å². The molecule has 2 atom stereocenters. The highest BCUT2D eigenvalue weighted by molar-refractivity contribution is 5.29. The zero-order valence-electron chi connectivity index (χ0n) is 15.9. The fraction of sp³-hybridized carbons (Fsp3) is 0.579. The van der Waals surface area contributed by atoms with Crippen LogP contribution in [0.25, 0.3) is 0 Å². The van der Waals surface area contributed by atoms with Gasteiger partial charge in [0.2, 0.25) is 5.89 Å². The molecule has 2 aromatic rings. The summed E-state index contributed by atoms with van der Waals surface area (Å²) in [6.07, 6.45) is 0.767. The summed E-state index contributed by atoms with van der Waals surface area (Å²) in [7, 11) is 0. The predicted molar refractivity (Wildman–Crippen MR) is 96.7 cm³/mol. The van der Waals surface area contributed by atoms with Gasteiger partial charge in [0.1, 0.15) is 5.75 Å². The first-order valence-electron chi connectivity index (χ1n) is 9.33. The van der Waals surface area contributed by atoms with Gasteiger partial charge in [-0.05, 0) is 31.5 Å². The quantitative estimate of drug-likeness (QED) is 0.731. The Balaban J connectivity index is 1.55. The van der Waals surface area contributed by atoms with Crippen molar-refractivity contribution in [1.29, 1.82) is 0 Å². The van der Waals surface area contributed by atoms with Crippen molar-refractivity contribution < 1.29 is 18.0 Å². The van der Waals surface area contributed by atoms with E-state index in [9.17, 15) is 8.78 Å². The van der Waals surface area contributed by atoms with Crippen LogP contribution in [0.4, 0.5) is 8.78 Å². The lowest BCUT2D eigenvalue weighted by Crippen LogP contribution is -2.47. The molecular formula is C19H26F2N4O2. The summed E-state index contributed by atoms with van der Waals surface area (Å²) in [5.74, 6) is 1.59. The molecule has 0 amide bonds. The molecule has 1 saturated heterocycles. The monoisotopic (exact) mass is 380 g/mol. The lowest BCUT2D eigenvalue weighted by Gasteiger charge is -2.39. The first-order chi connectivity index (χ1) is 13.0. The highest BCUT2D eigenvalue weighted by atomic mass is 19.3. The molecule has 2 unspecified atom stereocenters. The molecule has 0 aliphatic carbocycles. The van der Waals surface area contributed by atoms with Gasteiger partial charge < -0.3 is 9.26 Å². The molecule has 0 spiro atoms. The van der Waals surface area contributed by atoms with Crippen molar-refractivity contribution in [2.75, 3.05) is 26.2 Å². The van der Waals surface area contributed by atoms with Crippen LogP contribution in [0.3, 0.4) is 0 Å². The van der Waals surface area contributed by atoms with Crippen LogP contribution in [-0.4, -0.2) is 52.7 Å². The Morgan fingerprint density at radius 3 is 2.15 bits per heavy atom. The van der Waals surface area contributed by atoms with Gasteiger partial charge in [0, 0.05) is 38.6 Å². The van der Waals surface area contributed by atoms with E-state index in [-0.39, 0.29) is 17.8 Å². The van der Waals surface area contributed by atoms with Gasteiger partial charge >= 0.3 is 6.61 Å². The third-order valence-electron chi connectivity index (χ3n) is 5.19. The maximum Gasteiger partial charge on any atom is 0.387 e. The van der Waals surface area contributed by atoms with Gasteiger partial charge in [0.05, 0.1) is 6.04 Å². The number of alkyl halides is 2. The second-order valence-corrected chi connectivity index (χ2v) is 6.77. The van der Waals surface area contributed by atoms with E-state index in [0.717, 1.165) is 44.0 Å². The summed E-state index contributed by atoms with van der Waals surface area (Å²) >= 11 is 0. The lowest BCUT2D eigenvalue weighted by atomic mass is 10.1. The molecule has 1 fully saturated rings. The molecule has 0 radical (unpaired) electrons. The van der Waals surface area contributed by atoms with Crippen LogP contribution in [0.1, 0.15) is 50.1 Å². The average molecular weight is 380 g/mol. The molecule has 1 aliphatic rings. The molecule has 2 heterocycles. The third kappa shape index (κ3) is 4.81. The molecule has 1 aliphatic heterocycles. The second-order valence-electron chi connectivity index (χ2n) is 6.77. The van der Waals surface area contributed by atoms with Crippen LogP contribution in [0.5, 0.6) is 5.75 Å². The van der Waals surface area contributed by atoms with Crippen LogP contribution < -0.4 is 4.74 Å². The molecular weight excluding hydrogens is 354 g/mol. The minimum absolute atomic E-state index is 0.0982. The smallest absolute Gasteiger partial charge is 0.387 e. The van der Waals surface area contributed by atoms with Crippen molar-refractivity contribution in [2.45, 2.75) is 45.9 Å². The number of benzene rings is 1. The maximum absolute atomic E-state index is 12.3. The number of rotatable bonds is 7. The highest BCUT2D eigenvalue weighted by Crippen LogP contribution is 2.27. The Hall–Kier alpha value is -2.06. The van der Waals surface area contributed by atoms with Gasteiger partial charge in [-0.15, -0.1) is 0 Å². The number of ether oxygens (including phenoxy) is 1. The average Bonchev–Trinajstić information content (AvgIpc) is 3.16. The van der Waals surface area contributed by atoms with E-state index in [1.54, 1.807) is 12.1 Å². The van der Waals surface area contributed by atoms with Crippen LogP contribution in [-0.2, 0) is 6.42 Å². The van der Waals surface area contributed by atoms with Crippen molar-refractivity contribution in [3.63, 3.8) is 0 Å². The summed E-state index contributed by atoms with van der Waals surface area (Å²) in [6, 6.07) is 7.19. The summed E-state index contributed by atoms with van der Waals surface area (Å²) in [4.78, 5) is 9.17. The minimum Gasteiger partial charge on any atom is -0.435 e. The molecule has 0 saturated carbocycles. The van der Waals surface area contributed by atoms with Gasteiger partial charge in [-0.1, -0.05) is 24.2 Å². The van der Waals surface area contributed by atoms with Crippen LogP contribution in [0, 0.1) is 0 Å². The molecule has 1 aromatic carbocycles. The van der Waals surface area contributed by atoms with E-state index >= 15 is 0 Å². The standard InChI is InChI=1S/C19H26F2N4O2/c1-4-17-22-18(27-23-17)14(3)25-11-9-24(10-12-25)13(2)15-5-7-16(8-6-15)26-19(20)21/h5-8,13-14,19H,4,9-12H2,1-3H3. The Labute approximate surface area is 158 Å². The number of nitrogens with zero attached hydrogens (tertiary/aromatic N) is 4. The first kappa shape index (κ1) is 19.7. The SMILES string of the molecule is CCc1noc(C(C)N2CCN(C(C)c3ccc(OC(F)F)cc3)CC2)n1. The topological polar surface area (TPSA) is 54.6 Å². The molecule has 0 N–H and O–H groups in total. The number of aromatic nitrogens is 2. The van der Waals surface area contributed by atoms with Crippen molar-refractivity contribution in [3.05, 3.63) is 41.5 Å². The van der Waals surface area contributed by atoms with Crippen molar-refractivity contribution in [2.24, 2.45) is 0 Å². The fourth-order valence-electron chi connectivity index (χ4n) is 3.39. The van der Waals surface area contributed by atoms with Crippen molar-refractivity contribution in [1.82, 2.24) is 19.9 Å². The van der Waals surface area contributed by atoms with E-state index in [4.69, 9.17) is 4.52 Å². The molecule has 148 valence electrons. The van der Waals surface area contributed by atoms with Crippen LogP contribution in [0.2, 0.25) is 0 Å². The summed E-state index contributed by atoms with van der Waals surface area (Å²) < 4.78 is 34.3. The molecule has 0 bridgehead atoms. The number of aryl methyl sites for hydroxylation is 1. The van der Waals surface area contributed by atoms with Crippen LogP contribution in [0.15, 0.2) is 28.8 Å². The van der Waals surface area contributed by atoms with Crippen molar-refractivity contribution in [3.8, 4) is 5.75 Å². The molecule has 3 rings (SSSR count). The van der Waals surface area contributed by atoms with E-state index in [1.807, 2.05) is 19.1 Å². The number of hydrogen-bond acceptors (Lipinski definition) is 6. The van der Waals surface area contributed by atoms with Gasteiger partial charge in [0.15, 0.2) is 5.82 Å². The summed E-state index contributed by atoms with van der Waals surface area (Å²) in [5, 5.41) is 3.98. The lowest BCUT2D eigenvalue weighted by molar-refractivity contribution is -0.0498. The summed E-state index contributed by atoms with van der Waals surface area (Å²) in [6.45, 7) is 7.07. The van der Waals surface area contributed by atoms with E-state index in [2.05, 4.69) is 38.5 Å². The normalized spacial score (nSPS) is 18.6. The zero-order chi connectivity index (χ0) is 19.4. The Morgan fingerprint density at radius 2 is 1.63 bits per heavy atom. The number of piperazine rings is 1. The van der Waals surface area contributed by atoms with E-state index in [1.165, 1.54) is 0 Å². The predicted octanol–water partition coefficient (Wildman–Crippen LogP) is 3.67. The van der Waals surface area contributed by atoms with Gasteiger partial charge in [-0.2, -0.15) is 13.8 Å². The van der Waals surface area contributed by atoms with Crippen molar-refractivity contribution >= 4 is 0 Å². The highest BCUT2D eigenvalue weighted by Gasteiger charge is 2.27. The number of hydrogen-bond donors (Lipinski definition) is 0. The van der Waals surface area contributed by atoms with Crippen LogP contribution >= 0.6 is 0 Å². The van der Waals surface area contributed by atoms with Gasteiger partial charge in [0.25, 0.3) is 0 Å². The fourth-order valence-corrected chi connectivity index (χ4v) is 3.39. The van der Waals surface area contributed by atoms with E-state index < -0.39 is 6.61 Å². The Kier molecular flexibility index (Phi) is 6.38. The summed E-state index contributed by atoms with van der Waals surface area (Å²) in [5.41, 5.74) is 1.09. The van der Waals surface area contributed by atoms with Gasteiger partial charge in [-0.3, -0.25) is 9.80 Å². The van der Waals surface area contributed by atoms with E-state index in [0.29, 0.717) is 5.89 Å². The second kappa shape index (κ2) is 8.75. The zero-order valence-corrected chi connectivity index (χ0v) is 15.9. The Bertz CT molecular complexity index is 715. The Morgan fingerprint density at radius 1 is 1.04 bits per heavy atom. The molecule has 1 aromatic heterocycles. The third-order valence-corrected chi connectivity index (χ3v) is 5.19. The molecule has 27 heavy (non-hydrogen) atoms. The maximum atomic E-state index is 12.3.